The predicted molar refractivity (Wildman–Crippen MR) is 118 cm³/mol. The largest absolute Gasteiger partial charge is 0.464 e. The van der Waals surface area contributed by atoms with Crippen LogP contribution in [0, 0.1) is 0 Å². The lowest BCUT2D eigenvalue weighted by Gasteiger charge is -2.32. The Morgan fingerprint density at radius 1 is 0.536 bits per heavy atom. The first kappa shape index (κ1) is 26.0. The summed E-state index contributed by atoms with van der Waals surface area (Å²) in [6, 6.07) is 0. The molecule has 0 aliphatic carbocycles. The molecule has 0 aromatic rings. The Balaban J connectivity index is 3.15. The van der Waals surface area contributed by atoms with Crippen molar-refractivity contribution in [3.63, 3.8) is 0 Å². The van der Waals surface area contributed by atoms with E-state index in [0.29, 0.717) is 0 Å². The van der Waals surface area contributed by atoms with Crippen molar-refractivity contribution in [3.05, 3.63) is 0 Å². The fourth-order valence-corrected chi connectivity index (χ4v) is 15.3. The molecule has 1 rings (SSSR count). The summed E-state index contributed by atoms with van der Waals surface area (Å²) >= 11 is 0. The van der Waals surface area contributed by atoms with Crippen LogP contribution in [-0.4, -0.2) is 58.5 Å². The smallest absolute Gasteiger partial charge is 0.346 e. The summed E-state index contributed by atoms with van der Waals surface area (Å²) in [5, 5.41) is 0. The first-order chi connectivity index (χ1) is 13.3. The van der Waals surface area contributed by atoms with Gasteiger partial charge in [-0.15, -0.1) is 0 Å². The molecule has 1 saturated heterocycles. The molecular weight excluding hydrogens is 489 g/mol. The van der Waals surface area contributed by atoms with E-state index >= 15 is 0 Å². The van der Waals surface area contributed by atoms with Gasteiger partial charge in [0, 0.05) is 0 Å². The van der Waals surface area contributed by atoms with Crippen LogP contribution in [0.1, 0.15) is 27.7 Å². The van der Waals surface area contributed by atoms with Crippen LogP contribution in [0.3, 0.4) is 0 Å². The molecule has 0 aromatic heterocycles. The molecule has 0 atom stereocenters. The zero-order valence-electron chi connectivity index (χ0n) is 15.5. The van der Waals surface area contributed by atoms with Gasteiger partial charge in [0.05, 0.1) is 26.4 Å². The molecule has 160 valence electrons. The van der Waals surface area contributed by atoms with Crippen LogP contribution in [0.15, 0.2) is 0 Å². The number of carbonyl (C=O) groups is 4. The summed E-state index contributed by atoms with van der Waals surface area (Å²) in [6.07, 6.45) is 0. The molecule has 1 aliphatic rings. The average Bonchev–Trinajstić information content (AvgIpc) is 2.63. The SMILES string of the molecule is CCOC(=O)C1(C(=O)OCC)SSSC(C(=O)OCC)(C(=O)OCC)SSS1. The van der Waals surface area contributed by atoms with Gasteiger partial charge in [-0.2, -0.15) is 0 Å². The minimum Gasteiger partial charge on any atom is -0.464 e. The number of carbonyl (C=O) groups excluding carboxylic acids is 4. The van der Waals surface area contributed by atoms with Gasteiger partial charge in [-0.25, -0.2) is 19.2 Å². The number of esters is 4. The molecule has 8 nitrogen and oxygen atoms in total. The zero-order valence-corrected chi connectivity index (χ0v) is 20.4. The summed E-state index contributed by atoms with van der Waals surface area (Å²) in [5.74, 6) is -3.04. The second-order valence-corrected chi connectivity index (χ2v) is 13.8. The Bertz CT molecular complexity index is 488. The summed E-state index contributed by atoms with van der Waals surface area (Å²) in [4.78, 5) is 50.2. The molecule has 0 radical (unpaired) electrons. The van der Waals surface area contributed by atoms with Crippen LogP contribution < -0.4 is 0 Å². The Morgan fingerprint density at radius 3 is 0.929 bits per heavy atom. The van der Waals surface area contributed by atoms with Gasteiger partial charge in [-0.1, -0.05) is 0 Å². The second kappa shape index (κ2) is 12.6. The quantitative estimate of drug-likeness (QED) is 0.206. The van der Waals surface area contributed by atoms with Crippen LogP contribution in [0.4, 0.5) is 0 Å². The third kappa shape index (κ3) is 6.00. The maximum Gasteiger partial charge on any atom is 0.346 e. The summed E-state index contributed by atoms with van der Waals surface area (Å²) in [7, 11) is 5.30. The van der Waals surface area contributed by atoms with Crippen molar-refractivity contribution in [1.82, 2.24) is 0 Å². The van der Waals surface area contributed by atoms with Gasteiger partial charge in [0.15, 0.2) is 0 Å². The molecule has 1 heterocycles. The van der Waals surface area contributed by atoms with Crippen molar-refractivity contribution in [2.75, 3.05) is 26.4 Å². The van der Waals surface area contributed by atoms with Gasteiger partial charge >= 0.3 is 23.9 Å². The van der Waals surface area contributed by atoms with E-state index in [1.165, 1.54) is 0 Å². The zero-order chi connectivity index (χ0) is 21.2. The van der Waals surface area contributed by atoms with Crippen molar-refractivity contribution >= 4 is 86.7 Å². The highest BCUT2D eigenvalue weighted by Gasteiger charge is 2.58. The van der Waals surface area contributed by atoms with E-state index in [1.807, 2.05) is 0 Å². The van der Waals surface area contributed by atoms with Crippen molar-refractivity contribution in [1.29, 1.82) is 0 Å². The van der Waals surface area contributed by atoms with Crippen molar-refractivity contribution < 1.29 is 38.1 Å². The highest BCUT2D eigenvalue weighted by atomic mass is 33.5. The van der Waals surface area contributed by atoms with E-state index in [0.717, 1.165) is 62.8 Å². The van der Waals surface area contributed by atoms with E-state index < -0.39 is 32.0 Å². The summed E-state index contributed by atoms with van der Waals surface area (Å²) in [6.45, 7) is 6.88. The third-order valence-electron chi connectivity index (χ3n) is 2.78. The molecule has 0 bridgehead atoms. The van der Waals surface area contributed by atoms with Gasteiger partial charge in [0.1, 0.15) is 0 Å². The predicted octanol–water partition coefficient (Wildman–Crippen LogP) is 3.70. The van der Waals surface area contributed by atoms with Crippen LogP contribution in [0.25, 0.3) is 0 Å². The molecule has 0 aromatic carbocycles. The fourth-order valence-electron chi connectivity index (χ4n) is 1.60. The number of rotatable bonds is 8. The topological polar surface area (TPSA) is 105 Å². The second-order valence-electron chi connectivity index (χ2n) is 4.58. The minimum absolute atomic E-state index is 0.0896. The number of hydrogen-bond acceptors (Lipinski definition) is 14. The Kier molecular flexibility index (Phi) is 11.7. The first-order valence-corrected chi connectivity index (χ1v) is 15.1. The van der Waals surface area contributed by atoms with E-state index in [9.17, 15) is 19.2 Å². The minimum atomic E-state index is -1.70. The highest BCUT2D eigenvalue weighted by Crippen LogP contribution is 2.66. The summed E-state index contributed by atoms with van der Waals surface area (Å²) < 4.78 is 16.9. The first-order valence-electron chi connectivity index (χ1n) is 8.10. The molecular formula is C14H20O8S6. The van der Waals surface area contributed by atoms with E-state index in [4.69, 9.17) is 18.9 Å². The monoisotopic (exact) mass is 508 g/mol. The van der Waals surface area contributed by atoms with Crippen molar-refractivity contribution in [3.8, 4) is 0 Å². The lowest BCUT2D eigenvalue weighted by Crippen LogP contribution is -2.44. The lowest BCUT2D eigenvalue weighted by molar-refractivity contribution is -0.156. The average molecular weight is 509 g/mol. The molecule has 0 N–H and O–H groups in total. The molecule has 14 heteroatoms. The van der Waals surface area contributed by atoms with Gasteiger partial charge in [-0.05, 0) is 90.5 Å². The lowest BCUT2D eigenvalue weighted by atomic mass is 10.4. The van der Waals surface area contributed by atoms with Crippen molar-refractivity contribution in [2.24, 2.45) is 0 Å². The van der Waals surface area contributed by atoms with Crippen LogP contribution >= 0.6 is 62.8 Å². The van der Waals surface area contributed by atoms with Gasteiger partial charge in [-0.3, -0.25) is 0 Å². The standard InChI is InChI=1S/C14H20O8S6/c1-5-19-9(15)13(10(16)20-6-2)23-27-25-14(26-28-24-13,11(17)21-7-3)12(18)22-8-4/h5-8H2,1-4H3. The molecule has 0 spiro atoms. The van der Waals surface area contributed by atoms with Crippen LogP contribution in [0.2, 0.25) is 0 Å². The Morgan fingerprint density at radius 2 is 0.750 bits per heavy atom. The van der Waals surface area contributed by atoms with Crippen LogP contribution in [0.5, 0.6) is 0 Å². The molecule has 1 fully saturated rings. The van der Waals surface area contributed by atoms with Crippen LogP contribution in [-0.2, 0) is 38.1 Å². The molecule has 0 amide bonds. The van der Waals surface area contributed by atoms with Gasteiger partial charge in [0.2, 0.25) is 0 Å². The van der Waals surface area contributed by atoms with E-state index in [2.05, 4.69) is 0 Å². The van der Waals surface area contributed by atoms with Gasteiger partial charge < -0.3 is 18.9 Å². The highest BCUT2D eigenvalue weighted by molar-refractivity contribution is 9.19. The van der Waals surface area contributed by atoms with E-state index in [-0.39, 0.29) is 26.4 Å². The van der Waals surface area contributed by atoms with E-state index in [1.54, 1.807) is 27.7 Å². The Hall–Kier alpha value is -0.0200. The third-order valence-corrected chi connectivity index (χ3v) is 13.9. The fraction of sp³-hybridized carbons (Fsp3) is 0.714. The normalized spacial score (nSPS) is 18.1. The summed E-state index contributed by atoms with van der Waals surface area (Å²) in [5.41, 5.74) is 0. The molecule has 28 heavy (non-hydrogen) atoms. The van der Waals surface area contributed by atoms with Crippen molar-refractivity contribution in [2.45, 2.75) is 35.9 Å². The number of ether oxygens (including phenoxy) is 4. The maximum absolute atomic E-state index is 12.5. The number of hydrogen-bond donors (Lipinski definition) is 0. The Labute approximate surface area is 186 Å². The maximum atomic E-state index is 12.5. The molecule has 0 saturated carbocycles. The molecule has 1 aliphatic heterocycles. The molecule has 0 unspecified atom stereocenters. The van der Waals surface area contributed by atoms with Gasteiger partial charge in [0.25, 0.3) is 8.16 Å².